The molecular weight excluding hydrogens is 266 g/mol. The van der Waals surface area contributed by atoms with Gasteiger partial charge in [0.15, 0.2) is 0 Å². The van der Waals surface area contributed by atoms with Gasteiger partial charge >= 0.3 is 6.01 Å². The van der Waals surface area contributed by atoms with Gasteiger partial charge in [0.2, 0.25) is 11.2 Å². The molecule has 0 aliphatic carbocycles. The summed E-state index contributed by atoms with van der Waals surface area (Å²) in [4.78, 5) is 14.2. The Morgan fingerprint density at radius 3 is 2.63 bits per heavy atom. The fraction of sp³-hybridized carbons (Fsp3) is 0.750. The lowest BCUT2D eigenvalue weighted by Gasteiger charge is -2.20. The van der Waals surface area contributed by atoms with Crippen molar-refractivity contribution in [2.75, 3.05) is 32.6 Å². The molecule has 0 unspecified atom stereocenters. The Hall–Kier alpha value is -1.14. The molecule has 19 heavy (non-hydrogen) atoms. The van der Waals surface area contributed by atoms with Crippen molar-refractivity contribution < 1.29 is 4.74 Å². The largest absolute Gasteiger partial charge is 0.467 e. The van der Waals surface area contributed by atoms with Crippen molar-refractivity contribution >= 4 is 17.5 Å². The predicted molar refractivity (Wildman–Crippen MR) is 76.9 cm³/mol. The lowest BCUT2D eigenvalue weighted by atomic mass is 10.2. The van der Waals surface area contributed by atoms with Crippen LogP contribution in [0.1, 0.15) is 26.7 Å². The van der Waals surface area contributed by atoms with E-state index in [1.807, 2.05) is 0 Å². The van der Waals surface area contributed by atoms with Crippen LogP contribution < -0.4 is 10.1 Å². The number of rotatable bonds is 8. The van der Waals surface area contributed by atoms with Crippen molar-refractivity contribution in [1.82, 2.24) is 19.9 Å². The van der Waals surface area contributed by atoms with Crippen molar-refractivity contribution in [3.05, 3.63) is 5.28 Å². The molecule has 0 radical (unpaired) electrons. The summed E-state index contributed by atoms with van der Waals surface area (Å²) in [5.41, 5.74) is 0. The van der Waals surface area contributed by atoms with Gasteiger partial charge in [0.1, 0.15) is 0 Å². The van der Waals surface area contributed by atoms with Gasteiger partial charge < -0.3 is 15.0 Å². The summed E-state index contributed by atoms with van der Waals surface area (Å²) in [5, 5.41) is 3.25. The highest BCUT2D eigenvalue weighted by Gasteiger charge is 2.05. The van der Waals surface area contributed by atoms with Gasteiger partial charge in [-0.05, 0) is 51.9 Å². The smallest absolute Gasteiger partial charge is 0.322 e. The minimum Gasteiger partial charge on any atom is -0.467 e. The number of unbranched alkanes of at least 4 members (excludes halogenated alkanes) is 1. The first kappa shape index (κ1) is 15.9. The third-order valence-electron chi connectivity index (χ3n) is 2.87. The molecule has 6 nitrogen and oxygen atoms in total. The quantitative estimate of drug-likeness (QED) is 0.739. The number of aromatic nitrogens is 3. The van der Waals surface area contributed by atoms with Crippen molar-refractivity contribution in [2.24, 2.45) is 0 Å². The van der Waals surface area contributed by atoms with Gasteiger partial charge in [-0.2, -0.15) is 15.0 Å². The molecule has 0 bridgehead atoms. The highest BCUT2D eigenvalue weighted by molar-refractivity contribution is 6.28. The summed E-state index contributed by atoms with van der Waals surface area (Å²) in [6, 6.07) is 0.807. The summed E-state index contributed by atoms with van der Waals surface area (Å²) in [6.45, 7) is 6.27. The van der Waals surface area contributed by atoms with E-state index in [-0.39, 0.29) is 11.3 Å². The zero-order chi connectivity index (χ0) is 14.3. The van der Waals surface area contributed by atoms with E-state index >= 15 is 0 Å². The number of anilines is 1. The second-order valence-electron chi connectivity index (χ2n) is 4.62. The maximum absolute atomic E-state index is 5.76. The SMILES string of the molecule is COc1nc(Cl)nc(NCCCCN(C)C(C)C)n1. The molecule has 1 heterocycles. The molecule has 1 rings (SSSR count). The van der Waals surface area contributed by atoms with Gasteiger partial charge in [0.05, 0.1) is 7.11 Å². The van der Waals surface area contributed by atoms with E-state index in [4.69, 9.17) is 16.3 Å². The van der Waals surface area contributed by atoms with E-state index in [2.05, 4.69) is 46.1 Å². The molecule has 0 fully saturated rings. The molecule has 0 atom stereocenters. The van der Waals surface area contributed by atoms with Gasteiger partial charge in [0.25, 0.3) is 0 Å². The standard InChI is InChI=1S/C12H22ClN5O/c1-9(2)18(3)8-6-5-7-14-11-15-10(13)16-12(17-11)19-4/h9H,5-8H2,1-4H3,(H,14,15,16,17). The van der Waals surface area contributed by atoms with E-state index in [1.165, 1.54) is 7.11 Å². The molecule has 1 aromatic heterocycles. The van der Waals surface area contributed by atoms with Crippen LogP contribution in [0, 0.1) is 0 Å². The molecule has 108 valence electrons. The minimum absolute atomic E-state index is 0.133. The molecule has 0 aliphatic heterocycles. The maximum Gasteiger partial charge on any atom is 0.322 e. The fourth-order valence-electron chi connectivity index (χ4n) is 1.45. The van der Waals surface area contributed by atoms with Crippen LogP contribution in [-0.4, -0.2) is 53.1 Å². The molecule has 0 aliphatic rings. The van der Waals surface area contributed by atoms with Crippen LogP contribution in [0.25, 0.3) is 0 Å². The monoisotopic (exact) mass is 287 g/mol. The van der Waals surface area contributed by atoms with Crippen LogP contribution in [0.15, 0.2) is 0 Å². The molecule has 1 aromatic rings. The zero-order valence-corrected chi connectivity index (χ0v) is 12.7. The number of nitrogens with one attached hydrogen (secondary N) is 1. The van der Waals surface area contributed by atoms with E-state index in [9.17, 15) is 0 Å². The van der Waals surface area contributed by atoms with Crippen LogP contribution in [0.4, 0.5) is 5.95 Å². The minimum atomic E-state index is 0.133. The first-order valence-electron chi connectivity index (χ1n) is 6.42. The van der Waals surface area contributed by atoms with Gasteiger partial charge in [-0.1, -0.05) is 0 Å². The second kappa shape index (κ2) is 8.12. The summed E-state index contributed by atoms with van der Waals surface area (Å²) >= 11 is 5.76. The first-order valence-corrected chi connectivity index (χ1v) is 6.80. The summed E-state index contributed by atoms with van der Waals surface area (Å²) in [6.07, 6.45) is 2.17. The van der Waals surface area contributed by atoms with Crippen molar-refractivity contribution in [3.8, 4) is 6.01 Å². The zero-order valence-electron chi connectivity index (χ0n) is 12.0. The topological polar surface area (TPSA) is 63.2 Å². The number of nitrogens with zero attached hydrogens (tertiary/aromatic N) is 4. The molecular formula is C12H22ClN5O. The average molecular weight is 288 g/mol. The second-order valence-corrected chi connectivity index (χ2v) is 4.96. The molecule has 7 heteroatoms. The van der Waals surface area contributed by atoms with E-state index < -0.39 is 0 Å². The lowest BCUT2D eigenvalue weighted by Crippen LogP contribution is -2.27. The highest BCUT2D eigenvalue weighted by Crippen LogP contribution is 2.10. The van der Waals surface area contributed by atoms with Crippen molar-refractivity contribution in [1.29, 1.82) is 0 Å². The third-order valence-corrected chi connectivity index (χ3v) is 3.04. The normalized spacial score (nSPS) is 11.1. The Bertz CT molecular complexity index is 388. The van der Waals surface area contributed by atoms with Crippen molar-refractivity contribution in [3.63, 3.8) is 0 Å². The van der Waals surface area contributed by atoms with Gasteiger partial charge in [0, 0.05) is 12.6 Å². The number of halogens is 1. The van der Waals surface area contributed by atoms with Gasteiger partial charge in [-0.25, -0.2) is 0 Å². The average Bonchev–Trinajstić information content (AvgIpc) is 2.37. The lowest BCUT2D eigenvalue weighted by molar-refractivity contribution is 0.269. The van der Waals surface area contributed by atoms with Gasteiger partial charge in [-0.15, -0.1) is 0 Å². The van der Waals surface area contributed by atoms with Crippen LogP contribution in [0.5, 0.6) is 6.01 Å². The first-order chi connectivity index (χ1) is 9.02. The fourth-order valence-corrected chi connectivity index (χ4v) is 1.60. The van der Waals surface area contributed by atoms with Crippen LogP contribution in [0.3, 0.4) is 0 Å². The Morgan fingerprint density at radius 2 is 2.00 bits per heavy atom. The van der Waals surface area contributed by atoms with Crippen molar-refractivity contribution in [2.45, 2.75) is 32.7 Å². The van der Waals surface area contributed by atoms with Crippen LogP contribution in [-0.2, 0) is 0 Å². The Labute approximate surface area is 119 Å². The predicted octanol–water partition coefficient (Wildman–Crippen LogP) is 2.07. The van der Waals surface area contributed by atoms with E-state index in [1.54, 1.807) is 0 Å². The Kier molecular flexibility index (Phi) is 6.80. The Morgan fingerprint density at radius 1 is 1.26 bits per heavy atom. The highest BCUT2D eigenvalue weighted by atomic mass is 35.5. The molecule has 0 spiro atoms. The Balaban J connectivity index is 2.28. The van der Waals surface area contributed by atoms with E-state index in [0.717, 1.165) is 25.9 Å². The molecule has 1 N–H and O–H groups in total. The third kappa shape index (κ3) is 6.02. The van der Waals surface area contributed by atoms with Crippen LogP contribution >= 0.6 is 11.6 Å². The molecule has 0 saturated heterocycles. The molecule has 0 aromatic carbocycles. The summed E-state index contributed by atoms with van der Waals surface area (Å²) in [5.74, 6) is 0.453. The van der Waals surface area contributed by atoms with E-state index in [0.29, 0.717) is 12.0 Å². The van der Waals surface area contributed by atoms with Gasteiger partial charge in [-0.3, -0.25) is 0 Å². The number of hydrogen-bond acceptors (Lipinski definition) is 6. The van der Waals surface area contributed by atoms with Crippen LogP contribution in [0.2, 0.25) is 5.28 Å². The number of ether oxygens (including phenoxy) is 1. The number of hydrogen-bond donors (Lipinski definition) is 1. The maximum atomic E-state index is 5.76. The summed E-state index contributed by atoms with van der Waals surface area (Å²) < 4.78 is 4.93. The summed E-state index contributed by atoms with van der Waals surface area (Å²) in [7, 11) is 3.63. The molecule has 0 saturated carbocycles. The number of methoxy groups -OCH3 is 1. The molecule has 0 amide bonds.